The largest absolute Gasteiger partial charge is 0.396 e. The van der Waals surface area contributed by atoms with E-state index < -0.39 is 0 Å². The average Bonchev–Trinajstić information content (AvgIpc) is 2.69. The highest BCUT2D eigenvalue weighted by molar-refractivity contribution is 7.16. The van der Waals surface area contributed by atoms with Crippen LogP contribution in [0.2, 0.25) is 0 Å². The van der Waals surface area contributed by atoms with Crippen LogP contribution in [0.1, 0.15) is 10.6 Å². The molecule has 7 heteroatoms. The zero-order valence-corrected chi connectivity index (χ0v) is 12.8. The number of thiazole rings is 1. The first kappa shape index (κ1) is 14.6. The number of aryl methyl sites for hydroxylation is 1. The number of rotatable bonds is 3. The van der Waals surface area contributed by atoms with E-state index in [1.165, 1.54) is 11.3 Å². The van der Waals surface area contributed by atoms with Crippen LogP contribution in [0, 0.1) is 12.8 Å². The summed E-state index contributed by atoms with van der Waals surface area (Å²) in [7, 11) is 0. The Bertz CT molecular complexity index is 682. The molecule has 1 N–H and O–H groups in total. The number of hydrogen-bond donors (Lipinski definition) is 1. The van der Waals surface area contributed by atoms with Crippen LogP contribution >= 0.6 is 11.3 Å². The molecule has 1 aliphatic rings. The van der Waals surface area contributed by atoms with E-state index in [4.69, 9.17) is 4.74 Å². The van der Waals surface area contributed by atoms with Crippen LogP contribution in [0.4, 0.5) is 0 Å². The summed E-state index contributed by atoms with van der Waals surface area (Å²) in [4.78, 5) is 20.7. The Morgan fingerprint density at radius 1 is 1.57 bits per heavy atom. The number of aliphatic hydroxyl groups is 1. The van der Waals surface area contributed by atoms with Crippen LogP contribution in [0.25, 0.3) is 4.96 Å². The predicted molar refractivity (Wildman–Crippen MR) is 80.7 cm³/mol. The maximum atomic E-state index is 12.1. The summed E-state index contributed by atoms with van der Waals surface area (Å²) in [5.41, 5.74) is 0.740. The first-order chi connectivity index (χ1) is 10.2. The van der Waals surface area contributed by atoms with Crippen LogP contribution in [0.5, 0.6) is 0 Å². The summed E-state index contributed by atoms with van der Waals surface area (Å²) < 4.78 is 7.07. The van der Waals surface area contributed by atoms with E-state index in [0.717, 1.165) is 28.6 Å². The van der Waals surface area contributed by atoms with Crippen molar-refractivity contribution in [3.05, 3.63) is 33.2 Å². The number of nitrogens with zero attached hydrogens (tertiary/aromatic N) is 3. The van der Waals surface area contributed by atoms with E-state index in [1.54, 1.807) is 10.5 Å². The van der Waals surface area contributed by atoms with Gasteiger partial charge in [-0.2, -0.15) is 0 Å². The summed E-state index contributed by atoms with van der Waals surface area (Å²) in [6.07, 6.45) is 1.82. The van der Waals surface area contributed by atoms with Gasteiger partial charge in [0.2, 0.25) is 0 Å². The molecule has 1 aliphatic heterocycles. The molecule has 1 atom stereocenters. The fourth-order valence-electron chi connectivity index (χ4n) is 2.58. The second-order valence-electron chi connectivity index (χ2n) is 5.44. The summed E-state index contributed by atoms with van der Waals surface area (Å²) >= 11 is 1.52. The number of ether oxygens (including phenoxy) is 1. The van der Waals surface area contributed by atoms with Crippen LogP contribution in [0.15, 0.2) is 17.1 Å². The molecule has 21 heavy (non-hydrogen) atoms. The minimum absolute atomic E-state index is 0.0378. The van der Waals surface area contributed by atoms with Crippen molar-refractivity contribution in [1.82, 2.24) is 14.3 Å². The van der Waals surface area contributed by atoms with Gasteiger partial charge in [0.1, 0.15) is 0 Å². The van der Waals surface area contributed by atoms with Crippen LogP contribution in [-0.4, -0.2) is 52.3 Å². The van der Waals surface area contributed by atoms with Crippen molar-refractivity contribution in [1.29, 1.82) is 0 Å². The fraction of sp³-hybridized carbons (Fsp3) is 0.571. The summed E-state index contributed by atoms with van der Waals surface area (Å²) in [5.74, 6) is 0.126. The van der Waals surface area contributed by atoms with Crippen LogP contribution < -0.4 is 5.56 Å². The van der Waals surface area contributed by atoms with Crippen LogP contribution in [-0.2, 0) is 11.3 Å². The van der Waals surface area contributed by atoms with Gasteiger partial charge in [-0.25, -0.2) is 4.98 Å². The average molecular weight is 309 g/mol. The normalized spacial score (nSPS) is 20.8. The SMILES string of the molecule is Cc1cn2c(=O)cc(CN3CCOC[C@H](CO)C3)nc2s1. The van der Waals surface area contributed by atoms with Gasteiger partial charge in [-0.1, -0.05) is 0 Å². The first-order valence-corrected chi connectivity index (χ1v) is 7.87. The number of aliphatic hydroxyl groups excluding tert-OH is 1. The lowest BCUT2D eigenvalue weighted by atomic mass is 10.1. The zero-order valence-electron chi connectivity index (χ0n) is 12.0. The predicted octanol–water partition coefficient (Wildman–Crippen LogP) is 0.505. The molecule has 6 nitrogen and oxygen atoms in total. The summed E-state index contributed by atoms with van der Waals surface area (Å²) in [5, 5.41) is 9.31. The van der Waals surface area contributed by atoms with Crippen molar-refractivity contribution in [2.45, 2.75) is 13.5 Å². The topological polar surface area (TPSA) is 67.1 Å². The maximum absolute atomic E-state index is 12.1. The van der Waals surface area contributed by atoms with Crippen molar-refractivity contribution < 1.29 is 9.84 Å². The van der Waals surface area contributed by atoms with Crippen molar-refractivity contribution in [3.8, 4) is 0 Å². The van der Waals surface area contributed by atoms with Crippen molar-refractivity contribution >= 4 is 16.3 Å². The van der Waals surface area contributed by atoms with Gasteiger partial charge in [0, 0.05) is 49.3 Å². The lowest BCUT2D eigenvalue weighted by Gasteiger charge is -2.21. The minimum atomic E-state index is -0.0378. The third kappa shape index (κ3) is 3.32. The molecule has 0 amide bonds. The van der Waals surface area contributed by atoms with Crippen molar-refractivity contribution in [2.75, 3.05) is 32.9 Å². The minimum Gasteiger partial charge on any atom is -0.396 e. The molecule has 0 radical (unpaired) electrons. The molecule has 3 rings (SSSR count). The molecule has 0 aromatic carbocycles. The quantitative estimate of drug-likeness (QED) is 0.894. The Morgan fingerprint density at radius 3 is 3.24 bits per heavy atom. The van der Waals surface area contributed by atoms with E-state index in [2.05, 4.69) is 9.88 Å². The highest BCUT2D eigenvalue weighted by atomic mass is 32.1. The summed E-state index contributed by atoms with van der Waals surface area (Å²) in [6.45, 7) is 5.50. The Kier molecular flexibility index (Phi) is 4.34. The molecule has 0 unspecified atom stereocenters. The smallest absolute Gasteiger partial charge is 0.258 e. The molecule has 1 fully saturated rings. The molecule has 0 saturated carbocycles. The molecule has 114 valence electrons. The lowest BCUT2D eigenvalue weighted by molar-refractivity contribution is 0.0958. The van der Waals surface area contributed by atoms with E-state index in [9.17, 15) is 9.90 Å². The van der Waals surface area contributed by atoms with E-state index in [1.807, 2.05) is 13.1 Å². The molecule has 1 saturated heterocycles. The van der Waals surface area contributed by atoms with Gasteiger partial charge < -0.3 is 9.84 Å². The summed E-state index contributed by atoms with van der Waals surface area (Å²) in [6, 6.07) is 1.60. The van der Waals surface area contributed by atoms with Crippen molar-refractivity contribution in [2.24, 2.45) is 5.92 Å². The molecule has 2 aromatic rings. The van der Waals surface area contributed by atoms with Crippen molar-refractivity contribution in [3.63, 3.8) is 0 Å². The van der Waals surface area contributed by atoms with E-state index >= 15 is 0 Å². The van der Waals surface area contributed by atoms with E-state index in [-0.39, 0.29) is 18.1 Å². The Hall–Kier alpha value is -1.28. The fourth-order valence-corrected chi connectivity index (χ4v) is 3.43. The maximum Gasteiger partial charge on any atom is 0.258 e. The molecule has 0 bridgehead atoms. The van der Waals surface area contributed by atoms with Gasteiger partial charge in [-0.05, 0) is 6.92 Å². The molecule has 0 spiro atoms. The van der Waals surface area contributed by atoms with Crippen LogP contribution in [0.3, 0.4) is 0 Å². The second kappa shape index (κ2) is 6.23. The Balaban J connectivity index is 1.82. The standard InChI is InChI=1S/C14H19N3O3S/c1-10-5-17-13(19)4-12(15-14(17)21-10)7-16-2-3-20-9-11(6-16)8-18/h4-5,11,18H,2-3,6-9H2,1H3/t11-/m0/s1. The van der Waals surface area contributed by atoms with Gasteiger partial charge in [-0.15, -0.1) is 11.3 Å². The third-order valence-electron chi connectivity index (χ3n) is 3.60. The Morgan fingerprint density at radius 2 is 2.43 bits per heavy atom. The molecule has 2 aromatic heterocycles. The number of aromatic nitrogens is 2. The number of fused-ring (bicyclic) bond motifs is 1. The monoisotopic (exact) mass is 309 g/mol. The van der Waals surface area contributed by atoms with Gasteiger partial charge in [-0.3, -0.25) is 14.1 Å². The van der Waals surface area contributed by atoms with E-state index in [0.29, 0.717) is 19.8 Å². The first-order valence-electron chi connectivity index (χ1n) is 7.05. The van der Waals surface area contributed by atoms with Gasteiger partial charge in [0.25, 0.3) is 5.56 Å². The Labute approximate surface area is 126 Å². The van der Waals surface area contributed by atoms with Gasteiger partial charge >= 0.3 is 0 Å². The molecule has 0 aliphatic carbocycles. The third-order valence-corrected chi connectivity index (χ3v) is 4.50. The number of hydrogen-bond acceptors (Lipinski definition) is 6. The second-order valence-corrected chi connectivity index (χ2v) is 6.65. The van der Waals surface area contributed by atoms with Gasteiger partial charge in [0.05, 0.1) is 18.9 Å². The zero-order chi connectivity index (χ0) is 14.8. The molecular weight excluding hydrogens is 290 g/mol. The molecular formula is C14H19N3O3S. The molecule has 3 heterocycles. The lowest BCUT2D eigenvalue weighted by Crippen LogP contribution is -2.31. The highest BCUT2D eigenvalue weighted by Gasteiger charge is 2.19. The highest BCUT2D eigenvalue weighted by Crippen LogP contribution is 2.14. The van der Waals surface area contributed by atoms with Gasteiger partial charge in [0.15, 0.2) is 4.96 Å².